The molecule has 4 rings (SSSR count). The second kappa shape index (κ2) is 9.70. The number of benzene rings is 2. The molecular formula is C26H28BrN3O4S. The Morgan fingerprint density at radius 1 is 1.26 bits per heavy atom. The normalized spacial score (nSPS) is 20.3. The Balaban J connectivity index is 1.57. The first-order chi connectivity index (χ1) is 16.5. The van der Waals surface area contributed by atoms with Gasteiger partial charge in [0.25, 0.3) is 11.1 Å². The van der Waals surface area contributed by atoms with Crippen LogP contribution < -0.4 is 15.0 Å². The van der Waals surface area contributed by atoms with Crippen LogP contribution in [0.25, 0.3) is 6.08 Å². The molecule has 0 radical (unpaired) electrons. The molecule has 2 heterocycles. The Bertz CT molecular complexity index is 1230. The third kappa shape index (κ3) is 5.11. The van der Waals surface area contributed by atoms with Crippen molar-refractivity contribution in [3.63, 3.8) is 0 Å². The van der Waals surface area contributed by atoms with Crippen LogP contribution in [-0.4, -0.2) is 48.2 Å². The summed E-state index contributed by atoms with van der Waals surface area (Å²) in [5.41, 5.74) is 3.60. The minimum absolute atomic E-state index is 0.0123. The molecular weight excluding hydrogens is 530 g/mol. The Hall–Kier alpha value is -2.78. The predicted octanol–water partition coefficient (Wildman–Crippen LogP) is 5.85. The number of hydrogen-bond donors (Lipinski definition) is 1. The van der Waals surface area contributed by atoms with E-state index >= 15 is 0 Å². The zero-order valence-corrected chi connectivity index (χ0v) is 22.7. The summed E-state index contributed by atoms with van der Waals surface area (Å²) < 4.78 is 6.53. The maximum atomic E-state index is 13.0. The Kier molecular flexibility index (Phi) is 7.02. The fourth-order valence-corrected chi connectivity index (χ4v) is 5.65. The number of fused-ring (bicyclic) bond motifs is 1. The highest BCUT2D eigenvalue weighted by Gasteiger charge is 2.38. The lowest BCUT2D eigenvalue weighted by Crippen LogP contribution is -2.45. The second-order valence-electron chi connectivity index (χ2n) is 9.45. The van der Waals surface area contributed by atoms with Crippen molar-refractivity contribution >= 4 is 62.2 Å². The van der Waals surface area contributed by atoms with Gasteiger partial charge in [-0.05, 0) is 79.9 Å². The van der Waals surface area contributed by atoms with Gasteiger partial charge in [0, 0.05) is 40.1 Å². The van der Waals surface area contributed by atoms with Crippen LogP contribution in [0.15, 0.2) is 45.8 Å². The van der Waals surface area contributed by atoms with Crippen molar-refractivity contribution in [3.05, 3.63) is 56.9 Å². The van der Waals surface area contributed by atoms with E-state index < -0.39 is 17.1 Å². The Labute approximate surface area is 218 Å². The van der Waals surface area contributed by atoms with E-state index in [1.54, 1.807) is 37.5 Å². The molecule has 3 amide bonds. The topological polar surface area (TPSA) is 79.0 Å². The number of rotatable bonds is 5. The third-order valence-electron chi connectivity index (χ3n) is 6.57. The number of carbonyl (C=O) groups excluding carboxylic acids is 3. The van der Waals surface area contributed by atoms with Crippen LogP contribution in [0.4, 0.5) is 16.2 Å². The minimum Gasteiger partial charge on any atom is -0.496 e. The number of nitrogens with zero attached hydrogens (tertiary/aromatic N) is 2. The van der Waals surface area contributed by atoms with Gasteiger partial charge in [-0.25, -0.2) is 0 Å². The van der Waals surface area contributed by atoms with E-state index in [2.05, 4.69) is 54.0 Å². The van der Waals surface area contributed by atoms with Crippen LogP contribution >= 0.6 is 27.7 Å². The van der Waals surface area contributed by atoms with Crippen molar-refractivity contribution in [2.75, 3.05) is 30.9 Å². The molecule has 35 heavy (non-hydrogen) atoms. The van der Waals surface area contributed by atoms with Crippen molar-refractivity contribution in [2.45, 2.75) is 38.6 Å². The molecule has 9 heteroatoms. The molecule has 1 fully saturated rings. The number of methoxy groups -OCH3 is 1. The van der Waals surface area contributed by atoms with E-state index in [1.165, 1.54) is 5.56 Å². The summed E-state index contributed by atoms with van der Waals surface area (Å²) in [6.07, 6.45) is 2.68. The monoisotopic (exact) mass is 557 g/mol. The third-order valence-corrected chi connectivity index (χ3v) is 8.01. The van der Waals surface area contributed by atoms with Gasteiger partial charge in [0.2, 0.25) is 5.91 Å². The average molecular weight is 558 g/mol. The van der Waals surface area contributed by atoms with Crippen LogP contribution in [-0.2, 0) is 9.59 Å². The molecule has 1 saturated heterocycles. The van der Waals surface area contributed by atoms with Crippen LogP contribution in [0.2, 0.25) is 0 Å². The van der Waals surface area contributed by atoms with Crippen molar-refractivity contribution in [2.24, 2.45) is 0 Å². The van der Waals surface area contributed by atoms with Crippen LogP contribution in [0.5, 0.6) is 5.75 Å². The van der Waals surface area contributed by atoms with Gasteiger partial charge < -0.3 is 15.0 Å². The van der Waals surface area contributed by atoms with Crippen LogP contribution in [0.3, 0.4) is 0 Å². The highest BCUT2D eigenvalue weighted by molar-refractivity contribution is 9.10. The molecule has 184 valence electrons. The molecule has 1 unspecified atom stereocenters. The number of anilines is 2. The Morgan fingerprint density at radius 3 is 2.60 bits per heavy atom. The molecule has 2 aromatic carbocycles. The van der Waals surface area contributed by atoms with Gasteiger partial charge in [-0.2, -0.15) is 0 Å². The maximum Gasteiger partial charge on any atom is 0.294 e. The molecule has 0 aliphatic carbocycles. The van der Waals surface area contributed by atoms with Gasteiger partial charge >= 0.3 is 0 Å². The number of halogens is 1. The zero-order valence-electron chi connectivity index (χ0n) is 20.3. The van der Waals surface area contributed by atoms with E-state index in [0.717, 1.165) is 38.8 Å². The van der Waals surface area contributed by atoms with Gasteiger partial charge in [0.1, 0.15) is 12.3 Å². The summed E-state index contributed by atoms with van der Waals surface area (Å²) in [5, 5.41) is 2.24. The molecule has 2 aliphatic heterocycles. The van der Waals surface area contributed by atoms with E-state index in [1.807, 2.05) is 12.1 Å². The molecule has 0 saturated carbocycles. The summed E-state index contributed by atoms with van der Waals surface area (Å²) >= 11 is 4.17. The van der Waals surface area contributed by atoms with E-state index in [4.69, 9.17) is 4.74 Å². The highest BCUT2D eigenvalue weighted by atomic mass is 79.9. The van der Waals surface area contributed by atoms with Crippen LogP contribution in [0.1, 0.15) is 44.2 Å². The Morgan fingerprint density at radius 2 is 1.94 bits per heavy atom. The molecule has 1 atom stereocenters. The van der Waals surface area contributed by atoms with E-state index in [0.29, 0.717) is 17.4 Å². The van der Waals surface area contributed by atoms with E-state index in [9.17, 15) is 14.4 Å². The standard InChI is InChI=1S/C26H28BrN3O4S/c1-15-13-26(2,3)29(4)20-12-21(34-5)16(10-19(15)20)11-22-24(32)30(25(33)35-22)14-23(31)28-18-8-6-17(27)7-9-18/h6-12,15H,13-14H2,1-5H3,(H,28,31)/b22-11+. The summed E-state index contributed by atoms with van der Waals surface area (Å²) in [6.45, 7) is 6.28. The quantitative estimate of drug-likeness (QED) is 0.464. The number of imide groups is 1. The summed E-state index contributed by atoms with van der Waals surface area (Å²) in [7, 11) is 3.67. The van der Waals surface area contributed by atoms with Gasteiger partial charge in [-0.1, -0.05) is 22.9 Å². The minimum atomic E-state index is -0.489. The first-order valence-corrected chi connectivity index (χ1v) is 12.9. The van der Waals surface area contributed by atoms with Gasteiger partial charge in [-0.15, -0.1) is 0 Å². The summed E-state index contributed by atoms with van der Waals surface area (Å²) in [4.78, 5) is 41.6. The molecule has 2 aliphatic rings. The van der Waals surface area contributed by atoms with Gasteiger partial charge in [0.05, 0.1) is 12.0 Å². The number of carbonyl (C=O) groups is 3. The van der Waals surface area contributed by atoms with Crippen molar-refractivity contribution < 1.29 is 19.1 Å². The highest BCUT2D eigenvalue weighted by Crippen LogP contribution is 2.46. The lowest BCUT2D eigenvalue weighted by atomic mass is 9.80. The maximum absolute atomic E-state index is 13.0. The summed E-state index contributed by atoms with van der Waals surface area (Å²) in [5.74, 6) is 0.0191. The SMILES string of the molecule is COc1cc2c(cc1/C=C1/SC(=O)N(CC(=O)Nc3ccc(Br)cc3)C1=O)C(C)CC(C)(C)N2C. The number of thioether (sulfide) groups is 1. The smallest absolute Gasteiger partial charge is 0.294 e. The van der Waals surface area contributed by atoms with Gasteiger partial charge in [-0.3, -0.25) is 19.3 Å². The molecule has 0 spiro atoms. The van der Waals surface area contributed by atoms with Crippen molar-refractivity contribution in [1.82, 2.24) is 4.90 Å². The zero-order chi connectivity index (χ0) is 25.5. The van der Waals surface area contributed by atoms with Crippen LogP contribution in [0, 0.1) is 0 Å². The largest absolute Gasteiger partial charge is 0.496 e. The first-order valence-electron chi connectivity index (χ1n) is 11.3. The number of amides is 3. The lowest BCUT2D eigenvalue weighted by molar-refractivity contribution is -0.127. The number of nitrogens with one attached hydrogen (secondary N) is 1. The molecule has 2 aromatic rings. The van der Waals surface area contributed by atoms with E-state index in [-0.39, 0.29) is 17.0 Å². The van der Waals surface area contributed by atoms with Crippen molar-refractivity contribution in [3.8, 4) is 5.75 Å². The average Bonchev–Trinajstić information content (AvgIpc) is 3.06. The first kappa shape index (κ1) is 25.3. The summed E-state index contributed by atoms with van der Waals surface area (Å²) in [6, 6.07) is 11.1. The molecule has 0 aromatic heterocycles. The number of ether oxygens (including phenoxy) is 1. The number of hydrogen-bond acceptors (Lipinski definition) is 6. The fraction of sp³-hybridized carbons (Fsp3) is 0.346. The second-order valence-corrected chi connectivity index (χ2v) is 11.4. The molecule has 0 bridgehead atoms. The van der Waals surface area contributed by atoms with Gasteiger partial charge in [0.15, 0.2) is 0 Å². The fourth-order valence-electron chi connectivity index (χ4n) is 4.56. The van der Waals surface area contributed by atoms with Crippen molar-refractivity contribution in [1.29, 1.82) is 0 Å². The molecule has 1 N–H and O–H groups in total. The molecule has 7 nitrogen and oxygen atoms in total. The predicted molar refractivity (Wildman–Crippen MR) is 144 cm³/mol. The lowest BCUT2D eigenvalue weighted by Gasteiger charge is -2.45.